The van der Waals surface area contributed by atoms with Crippen LogP contribution in [0.2, 0.25) is 28.2 Å². The van der Waals surface area contributed by atoms with Gasteiger partial charge in [0.1, 0.15) is 11.5 Å². The van der Waals surface area contributed by atoms with Crippen molar-refractivity contribution in [1.29, 1.82) is 0 Å². The first-order chi connectivity index (χ1) is 12.3. The van der Waals surface area contributed by atoms with Gasteiger partial charge in [0.2, 0.25) is 0 Å². The van der Waals surface area contributed by atoms with Crippen LogP contribution in [0.3, 0.4) is 0 Å². The number of halogens is 3. The van der Waals surface area contributed by atoms with Crippen molar-refractivity contribution in [3.63, 3.8) is 0 Å². The predicted octanol–water partition coefficient (Wildman–Crippen LogP) is 5.72. The van der Waals surface area contributed by atoms with Crippen LogP contribution in [-0.4, -0.2) is 32.9 Å². The third-order valence-corrected chi connectivity index (χ3v) is 10.8. The van der Waals surface area contributed by atoms with Crippen LogP contribution in [0.1, 0.15) is 45.3 Å². The molecule has 0 heterocycles. The van der Waals surface area contributed by atoms with Gasteiger partial charge in [-0.05, 0) is 20.5 Å². The Hall–Kier alpha value is -0.463. The van der Waals surface area contributed by atoms with Gasteiger partial charge < -0.3 is 9.74 Å². The number of alkyl halides is 1. The molecule has 1 aromatic carbocycles. The van der Waals surface area contributed by atoms with Crippen molar-refractivity contribution in [3.05, 3.63) is 33.8 Å². The maximum absolute atomic E-state index is 14.3. The molecule has 0 radical (unpaired) electrons. The van der Waals surface area contributed by atoms with Crippen molar-refractivity contribution in [1.82, 2.24) is 5.32 Å². The molecule has 1 saturated carbocycles. The molecule has 147 valence electrons. The number of hydrogen-bond donors (Lipinski definition) is 1. The number of Topliss-reactive ketones (excluding diaryl/α,β-unsaturated/α-hetero) is 1. The molecule has 1 unspecified atom stereocenters. The van der Waals surface area contributed by atoms with Crippen LogP contribution >= 0.6 is 23.2 Å². The summed E-state index contributed by atoms with van der Waals surface area (Å²) in [6.45, 7) is 7.04. The Labute approximate surface area is 166 Å². The second-order valence-electron chi connectivity index (χ2n) is 7.16. The Morgan fingerprint density at radius 1 is 1.19 bits per heavy atom. The van der Waals surface area contributed by atoms with Gasteiger partial charge in [0.15, 0.2) is 0 Å². The lowest BCUT2D eigenvalue weighted by Crippen LogP contribution is -2.49. The van der Waals surface area contributed by atoms with E-state index in [2.05, 4.69) is 26.1 Å². The topological polar surface area (TPSA) is 38.3 Å². The molecular weight excluding hydrogens is 392 g/mol. The van der Waals surface area contributed by atoms with Crippen molar-refractivity contribution < 1.29 is 13.6 Å². The molecule has 0 amide bonds. The van der Waals surface area contributed by atoms with Crippen molar-refractivity contribution in [2.75, 3.05) is 13.1 Å². The summed E-state index contributed by atoms with van der Waals surface area (Å²) in [6, 6.07) is 8.40. The summed E-state index contributed by atoms with van der Waals surface area (Å²) in [5.74, 6) is -0.0226. The third-order valence-electron chi connectivity index (χ3n) is 5.45. The lowest BCUT2D eigenvalue weighted by molar-refractivity contribution is -0.134. The largest absolute Gasteiger partial charge is 0.558 e. The highest BCUT2D eigenvalue weighted by atomic mass is 35.5. The predicted molar refractivity (Wildman–Crippen MR) is 108 cm³/mol. The van der Waals surface area contributed by atoms with E-state index in [1.54, 1.807) is 18.2 Å². The van der Waals surface area contributed by atoms with Gasteiger partial charge in [0.05, 0.1) is 6.10 Å². The number of carbonyl (C=O) groups is 1. The molecule has 2 rings (SSSR count). The number of rotatable bonds is 10. The second kappa shape index (κ2) is 9.15. The van der Waals surface area contributed by atoms with Gasteiger partial charge in [-0.25, -0.2) is 4.39 Å². The zero-order chi connectivity index (χ0) is 19.4. The standard InChI is InChI=1S/C19H28Cl2FNO2Si/c1-4-26(5-2,6-3)25-17(18-15(20)8-7-9-16(18)21)12-23-13-19(22)10-14(24)11-19/h7-9,17,23H,4-6,10-13H2,1-3H3/q-1. The molecule has 0 aromatic heterocycles. The smallest absolute Gasteiger partial charge is 0.139 e. The monoisotopic (exact) mass is 419 g/mol. The van der Waals surface area contributed by atoms with Crippen LogP contribution in [0.15, 0.2) is 18.2 Å². The summed E-state index contributed by atoms with van der Waals surface area (Å²) in [7, 11) is -1.92. The highest BCUT2D eigenvalue weighted by Crippen LogP contribution is 2.37. The fraction of sp³-hybridized carbons (Fsp3) is 0.632. The van der Waals surface area contributed by atoms with E-state index in [-0.39, 0.29) is 31.3 Å². The number of ketones is 1. The van der Waals surface area contributed by atoms with Crippen LogP contribution in [0.4, 0.5) is 4.39 Å². The van der Waals surface area contributed by atoms with Gasteiger partial charge in [0.25, 0.3) is 0 Å². The Kier molecular flexibility index (Phi) is 7.69. The van der Waals surface area contributed by atoms with E-state index in [9.17, 15) is 9.18 Å². The minimum atomic E-state index is -1.92. The highest BCUT2D eigenvalue weighted by molar-refractivity contribution is 6.73. The maximum Gasteiger partial charge on any atom is 0.139 e. The number of carbonyl (C=O) groups excluding carboxylic acids is 1. The number of nitrogens with one attached hydrogen (secondary N) is 1. The molecule has 0 bridgehead atoms. The normalized spacial score (nSPS) is 17.8. The Bertz CT molecular complexity index is 603. The van der Waals surface area contributed by atoms with Crippen LogP contribution in [-0.2, 0) is 9.22 Å². The Morgan fingerprint density at radius 3 is 2.19 bits per heavy atom. The molecule has 1 fully saturated rings. The first kappa shape index (κ1) is 21.8. The van der Waals surface area contributed by atoms with Crippen LogP contribution in [0.25, 0.3) is 0 Å². The Balaban J connectivity index is 2.17. The SMILES string of the molecule is CC[Si-](CC)(CC)OC(CNCC1(F)CC(=O)C1)c1c(Cl)cccc1Cl. The van der Waals surface area contributed by atoms with Crippen LogP contribution in [0, 0.1) is 0 Å². The number of hydrogen-bond acceptors (Lipinski definition) is 3. The summed E-state index contributed by atoms with van der Waals surface area (Å²) in [4.78, 5) is 11.1. The van der Waals surface area contributed by atoms with Crippen molar-refractivity contribution in [2.45, 2.75) is 63.5 Å². The lowest BCUT2D eigenvalue weighted by Gasteiger charge is -2.45. The molecule has 1 atom stereocenters. The maximum atomic E-state index is 14.3. The first-order valence-electron chi connectivity index (χ1n) is 9.31. The van der Waals surface area contributed by atoms with Crippen molar-refractivity contribution in [3.8, 4) is 0 Å². The van der Waals surface area contributed by atoms with Crippen molar-refractivity contribution >= 4 is 37.3 Å². The van der Waals surface area contributed by atoms with Crippen molar-refractivity contribution in [2.24, 2.45) is 0 Å². The molecule has 3 nitrogen and oxygen atoms in total. The summed E-state index contributed by atoms with van der Waals surface area (Å²) in [5.41, 5.74) is -0.672. The van der Waals surface area contributed by atoms with Gasteiger partial charge in [-0.2, -0.15) is 0 Å². The van der Waals surface area contributed by atoms with E-state index in [0.717, 1.165) is 23.7 Å². The molecular formula is C19H28Cl2FNO2Si-. The molecule has 7 heteroatoms. The minimum Gasteiger partial charge on any atom is -0.558 e. The van der Waals surface area contributed by atoms with E-state index in [4.69, 9.17) is 27.6 Å². The second-order valence-corrected chi connectivity index (χ2v) is 12.7. The zero-order valence-corrected chi connectivity index (χ0v) is 18.2. The first-order valence-corrected chi connectivity index (χ1v) is 12.6. The molecule has 1 aliphatic rings. The molecule has 1 aromatic rings. The summed E-state index contributed by atoms with van der Waals surface area (Å²) in [6.07, 6.45) is -0.339. The third kappa shape index (κ3) is 5.07. The highest BCUT2D eigenvalue weighted by Gasteiger charge is 2.43. The molecule has 0 spiro atoms. The Morgan fingerprint density at radius 2 is 1.73 bits per heavy atom. The number of benzene rings is 1. The molecule has 0 aliphatic heterocycles. The van der Waals surface area contributed by atoms with Gasteiger partial charge in [-0.3, -0.25) is 4.79 Å². The van der Waals surface area contributed by atoms with Crippen LogP contribution in [0.5, 0.6) is 0 Å². The van der Waals surface area contributed by atoms with Gasteiger partial charge >= 0.3 is 0 Å². The van der Waals surface area contributed by atoms with Gasteiger partial charge in [-0.15, -0.1) is 18.1 Å². The van der Waals surface area contributed by atoms with E-state index in [1.165, 1.54) is 0 Å². The average molecular weight is 420 g/mol. The van der Waals surface area contributed by atoms with Crippen LogP contribution < -0.4 is 5.32 Å². The van der Waals surface area contributed by atoms with E-state index < -0.39 is 14.0 Å². The summed E-state index contributed by atoms with van der Waals surface area (Å²) >= 11 is 12.8. The van der Waals surface area contributed by atoms with Gasteiger partial charge in [0, 0.05) is 41.5 Å². The lowest BCUT2D eigenvalue weighted by atomic mass is 9.80. The molecule has 1 aliphatic carbocycles. The molecule has 0 saturated heterocycles. The van der Waals surface area contributed by atoms with E-state index in [1.807, 2.05) is 0 Å². The summed E-state index contributed by atoms with van der Waals surface area (Å²) in [5, 5.41) is 4.27. The molecule has 1 N–H and O–H groups in total. The minimum absolute atomic E-state index is 0.00403. The fourth-order valence-corrected chi connectivity index (χ4v) is 6.98. The van der Waals surface area contributed by atoms with E-state index in [0.29, 0.717) is 16.6 Å². The quantitative estimate of drug-likeness (QED) is 0.492. The summed E-state index contributed by atoms with van der Waals surface area (Å²) < 4.78 is 21.0. The zero-order valence-electron chi connectivity index (χ0n) is 15.7. The molecule has 26 heavy (non-hydrogen) atoms. The van der Waals surface area contributed by atoms with Gasteiger partial charge in [-0.1, -0.05) is 50.0 Å². The van der Waals surface area contributed by atoms with E-state index >= 15 is 0 Å². The fourth-order valence-electron chi connectivity index (χ4n) is 3.53. The average Bonchev–Trinajstić information content (AvgIpc) is 2.58.